The monoisotopic (exact) mass is 316 g/mol. The van der Waals surface area contributed by atoms with Crippen molar-refractivity contribution < 1.29 is 4.79 Å². The van der Waals surface area contributed by atoms with Crippen molar-refractivity contribution in [1.82, 2.24) is 30.0 Å². The summed E-state index contributed by atoms with van der Waals surface area (Å²) in [6.07, 6.45) is 7.60. The fourth-order valence-corrected chi connectivity index (χ4v) is 3.49. The number of aromatic nitrogens is 4. The van der Waals surface area contributed by atoms with Gasteiger partial charge in [0.2, 0.25) is 0 Å². The van der Waals surface area contributed by atoms with Crippen molar-refractivity contribution in [2.45, 2.75) is 25.8 Å². The lowest BCUT2D eigenvalue weighted by molar-refractivity contribution is 0.0881. The number of amides is 1. The third kappa shape index (κ3) is 3.14. The Balaban J connectivity index is 1.71. The van der Waals surface area contributed by atoms with Gasteiger partial charge >= 0.3 is 0 Å². The average molecular weight is 316 g/mol. The summed E-state index contributed by atoms with van der Waals surface area (Å²) in [5, 5.41) is 9.79. The highest BCUT2D eigenvalue weighted by Gasteiger charge is 2.32. The molecule has 0 aromatic carbocycles. The van der Waals surface area contributed by atoms with Crippen molar-refractivity contribution in [2.24, 2.45) is 13.0 Å². The normalized spacial score (nSPS) is 22.2. The summed E-state index contributed by atoms with van der Waals surface area (Å²) in [4.78, 5) is 18.9. The van der Waals surface area contributed by atoms with Crippen molar-refractivity contribution in [2.75, 3.05) is 20.1 Å². The molecule has 23 heavy (non-hydrogen) atoms. The van der Waals surface area contributed by atoms with Crippen LogP contribution >= 0.6 is 0 Å². The molecule has 7 heteroatoms. The molecule has 2 aromatic rings. The summed E-state index contributed by atoms with van der Waals surface area (Å²) < 4.78 is 2.07. The molecule has 0 saturated carbocycles. The molecule has 3 heterocycles. The highest BCUT2D eigenvalue weighted by Crippen LogP contribution is 2.34. The fraction of sp³-hybridized carbons (Fsp3) is 0.562. The van der Waals surface area contributed by atoms with E-state index in [0.717, 1.165) is 25.1 Å². The molecule has 0 unspecified atom stereocenters. The van der Waals surface area contributed by atoms with Gasteiger partial charge in [0.25, 0.3) is 5.91 Å². The van der Waals surface area contributed by atoms with Crippen LogP contribution in [0.25, 0.3) is 0 Å². The molecule has 3 rings (SSSR count). The van der Waals surface area contributed by atoms with Crippen molar-refractivity contribution in [3.05, 3.63) is 35.7 Å². The molecule has 124 valence electrons. The largest absolute Gasteiger partial charge is 0.352 e. The molecule has 1 aliphatic rings. The average Bonchev–Trinajstić information content (AvgIpc) is 3.13. The quantitative estimate of drug-likeness (QED) is 0.890. The summed E-state index contributed by atoms with van der Waals surface area (Å²) in [6, 6.07) is 0.280. The molecule has 2 atom stereocenters. The van der Waals surface area contributed by atoms with Crippen molar-refractivity contribution in [1.29, 1.82) is 0 Å². The third-order valence-corrected chi connectivity index (χ3v) is 4.76. The molecule has 0 spiro atoms. The highest BCUT2D eigenvalue weighted by atomic mass is 16.1. The van der Waals surface area contributed by atoms with E-state index in [2.05, 4.69) is 37.0 Å². The van der Waals surface area contributed by atoms with Crippen LogP contribution in [-0.2, 0) is 7.05 Å². The number of H-pyrrole nitrogens is 1. The van der Waals surface area contributed by atoms with Gasteiger partial charge in [0.15, 0.2) is 0 Å². The zero-order valence-corrected chi connectivity index (χ0v) is 13.9. The number of hydrogen-bond donors (Lipinski definition) is 2. The molecule has 0 aliphatic carbocycles. The standard InChI is InChI=1S/C16H24N6O/c1-11-13(8-19-20-11)16(23)18-7-12-5-4-6-21(2)15(12)14-9-17-10-22(14)3/h8-10,12,15H,4-7H2,1-3H3,(H,18,23)(H,19,20)/t12-,15+/m0/s1. The van der Waals surface area contributed by atoms with E-state index in [-0.39, 0.29) is 11.9 Å². The number of aromatic amines is 1. The van der Waals surface area contributed by atoms with Crippen molar-refractivity contribution in [3.8, 4) is 0 Å². The molecular weight excluding hydrogens is 292 g/mol. The van der Waals surface area contributed by atoms with Gasteiger partial charge in [0, 0.05) is 25.5 Å². The van der Waals surface area contributed by atoms with Gasteiger partial charge in [-0.05, 0) is 39.3 Å². The SMILES string of the molecule is Cc1[nH]ncc1C(=O)NC[C@@H]1CCCN(C)[C@H]1c1cncn1C. The van der Waals surface area contributed by atoms with Gasteiger partial charge in [-0.25, -0.2) is 4.98 Å². The molecule has 1 aliphatic heterocycles. The number of carbonyl (C=O) groups excluding carboxylic acids is 1. The second-order valence-electron chi connectivity index (χ2n) is 6.38. The smallest absolute Gasteiger partial charge is 0.254 e. The topological polar surface area (TPSA) is 78.8 Å². The molecule has 7 nitrogen and oxygen atoms in total. The Morgan fingerprint density at radius 2 is 2.26 bits per heavy atom. The first-order chi connectivity index (χ1) is 11.1. The number of aryl methyl sites for hydroxylation is 2. The molecular formula is C16H24N6O. The molecule has 0 radical (unpaired) electrons. The molecule has 1 amide bonds. The summed E-state index contributed by atoms with van der Waals surface area (Å²) in [5.41, 5.74) is 2.61. The fourth-order valence-electron chi connectivity index (χ4n) is 3.49. The molecule has 1 fully saturated rings. The summed E-state index contributed by atoms with van der Waals surface area (Å²) in [7, 11) is 4.17. The van der Waals surface area contributed by atoms with E-state index in [9.17, 15) is 4.79 Å². The summed E-state index contributed by atoms with van der Waals surface area (Å²) >= 11 is 0. The predicted molar refractivity (Wildman–Crippen MR) is 87.0 cm³/mol. The van der Waals surface area contributed by atoms with Gasteiger partial charge in [-0.1, -0.05) is 0 Å². The molecule has 2 aromatic heterocycles. The maximum atomic E-state index is 12.3. The van der Waals surface area contributed by atoms with E-state index >= 15 is 0 Å². The Kier molecular flexibility index (Phi) is 4.47. The maximum absolute atomic E-state index is 12.3. The molecule has 0 bridgehead atoms. The first-order valence-corrected chi connectivity index (χ1v) is 8.02. The number of carbonyl (C=O) groups is 1. The van der Waals surface area contributed by atoms with Gasteiger partial charge in [0.05, 0.1) is 29.8 Å². The lowest BCUT2D eigenvalue weighted by atomic mass is 9.87. The van der Waals surface area contributed by atoms with Gasteiger partial charge < -0.3 is 9.88 Å². The second-order valence-corrected chi connectivity index (χ2v) is 6.38. The lowest BCUT2D eigenvalue weighted by Gasteiger charge is -2.39. The Morgan fingerprint density at radius 3 is 2.91 bits per heavy atom. The number of rotatable bonds is 4. The van der Waals surface area contributed by atoms with Crippen LogP contribution in [0.3, 0.4) is 0 Å². The Bertz CT molecular complexity index is 676. The number of imidazole rings is 1. The maximum Gasteiger partial charge on any atom is 0.254 e. The van der Waals surface area contributed by atoms with Crippen molar-refractivity contribution in [3.63, 3.8) is 0 Å². The van der Waals surface area contributed by atoms with Crippen molar-refractivity contribution >= 4 is 5.91 Å². The Hall–Kier alpha value is -2.15. The van der Waals surface area contributed by atoms with E-state index in [1.807, 2.05) is 26.5 Å². The van der Waals surface area contributed by atoms with Crippen LogP contribution in [-0.4, -0.2) is 50.7 Å². The molecule has 1 saturated heterocycles. The lowest BCUT2D eigenvalue weighted by Crippen LogP contribution is -2.42. The predicted octanol–water partition coefficient (Wildman–Crippen LogP) is 1.26. The number of hydrogen-bond acceptors (Lipinski definition) is 4. The van der Waals surface area contributed by atoms with Crippen LogP contribution in [0.2, 0.25) is 0 Å². The van der Waals surface area contributed by atoms with E-state index in [1.165, 1.54) is 5.69 Å². The first-order valence-electron chi connectivity index (χ1n) is 8.02. The minimum Gasteiger partial charge on any atom is -0.352 e. The van der Waals surface area contributed by atoms with Crippen LogP contribution in [0.1, 0.15) is 40.6 Å². The Morgan fingerprint density at radius 1 is 1.43 bits per heavy atom. The van der Waals surface area contributed by atoms with Crippen LogP contribution in [0.15, 0.2) is 18.7 Å². The third-order valence-electron chi connectivity index (χ3n) is 4.76. The molecule has 2 N–H and O–H groups in total. The highest BCUT2D eigenvalue weighted by molar-refractivity contribution is 5.94. The first kappa shape index (κ1) is 15.7. The van der Waals surface area contributed by atoms with Gasteiger partial charge in [-0.15, -0.1) is 0 Å². The number of nitrogens with zero attached hydrogens (tertiary/aromatic N) is 4. The van der Waals surface area contributed by atoms with Crippen LogP contribution < -0.4 is 5.32 Å². The van der Waals surface area contributed by atoms with E-state index in [0.29, 0.717) is 18.0 Å². The van der Waals surface area contributed by atoms with Gasteiger partial charge in [-0.2, -0.15) is 5.10 Å². The van der Waals surface area contributed by atoms with E-state index in [4.69, 9.17) is 0 Å². The van der Waals surface area contributed by atoms with Gasteiger partial charge in [-0.3, -0.25) is 14.8 Å². The zero-order valence-electron chi connectivity index (χ0n) is 13.9. The Labute approximate surface area is 136 Å². The van der Waals surface area contributed by atoms with Crippen LogP contribution in [0.4, 0.5) is 0 Å². The zero-order chi connectivity index (χ0) is 16.4. The minimum absolute atomic E-state index is 0.0618. The minimum atomic E-state index is -0.0618. The van der Waals surface area contributed by atoms with Crippen LogP contribution in [0.5, 0.6) is 0 Å². The van der Waals surface area contributed by atoms with Crippen LogP contribution in [0, 0.1) is 12.8 Å². The van der Waals surface area contributed by atoms with E-state index < -0.39 is 0 Å². The number of likely N-dealkylation sites (tertiary alicyclic amines) is 1. The summed E-state index contributed by atoms with van der Waals surface area (Å²) in [6.45, 7) is 3.58. The van der Waals surface area contributed by atoms with Gasteiger partial charge in [0.1, 0.15) is 0 Å². The second kappa shape index (κ2) is 6.54. The van der Waals surface area contributed by atoms with E-state index in [1.54, 1.807) is 6.20 Å². The number of piperidine rings is 1. The number of nitrogens with one attached hydrogen (secondary N) is 2. The summed E-state index contributed by atoms with van der Waals surface area (Å²) in [5.74, 6) is 0.313.